The molecule has 0 amide bonds. The SMILES string of the molecule is CCC1CCCN(CC2(CCN)CC2)C1. The van der Waals surface area contributed by atoms with Crippen molar-refractivity contribution < 1.29 is 0 Å². The molecule has 2 fully saturated rings. The minimum atomic E-state index is 0.643. The van der Waals surface area contributed by atoms with Gasteiger partial charge in [0.1, 0.15) is 0 Å². The van der Waals surface area contributed by atoms with Crippen molar-refractivity contribution in [1.29, 1.82) is 0 Å². The molecule has 15 heavy (non-hydrogen) atoms. The van der Waals surface area contributed by atoms with Crippen LogP contribution < -0.4 is 5.73 Å². The van der Waals surface area contributed by atoms with Crippen LogP contribution in [0.3, 0.4) is 0 Å². The third kappa shape index (κ3) is 2.94. The summed E-state index contributed by atoms with van der Waals surface area (Å²) in [6.45, 7) is 7.23. The predicted octanol–water partition coefficient (Wildman–Crippen LogP) is 2.24. The maximum atomic E-state index is 5.69. The highest BCUT2D eigenvalue weighted by molar-refractivity contribution is 4.96. The maximum absolute atomic E-state index is 5.69. The van der Waals surface area contributed by atoms with Crippen molar-refractivity contribution in [3.8, 4) is 0 Å². The molecule has 2 aliphatic rings. The lowest BCUT2D eigenvalue weighted by Gasteiger charge is -2.34. The summed E-state index contributed by atoms with van der Waals surface area (Å²) in [6.07, 6.45) is 8.34. The van der Waals surface area contributed by atoms with E-state index in [1.807, 2.05) is 0 Å². The van der Waals surface area contributed by atoms with Gasteiger partial charge in [0.05, 0.1) is 0 Å². The standard InChI is InChI=1S/C13H26N2/c1-2-12-4-3-9-15(10-12)11-13(5-6-13)7-8-14/h12H,2-11,14H2,1H3. The molecule has 1 atom stereocenters. The number of piperidine rings is 1. The summed E-state index contributed by atoms with van der Waals surface area (Å²) in [4.78, 5) is 2.71. The second kappa shape index (κ2) is 4.84. The van der Waals surface area contributed by atoms with Crippen LogP contribution in [0.1, 0.15) is 45.4 Å². The number of hydrogen-bond acceptors (Lipinski definition) is 2. The van der Waals surface area contributed by atoms with E-state index in [-0.39, 0.29) is 0 Å². The fourth-order valence-electron chi connectivity index (χ4n) is 3.07. The van der Waals surface area contributed by atoms with E-state index in [1.54, 1.807) is 0 Å². The molecule has 0 spiro atoms. The Morgan fingerprint density at radius 2 is 2.20 bits per heavy atom. The minimum Gasteiger partial charge on any atom is -0.330 e. The Morgan fingerprint density at radius 1 is 1.40 bits per heavy atom. The lowest BCUT2D eigenvalue weighted by atomic mass is 9.93. The van der Waals surface area contributed by atoms with Crippen LogP contribution >= 0.6 is 0 Å². The zero-order valence-electron chi connectivity index (χ0n) is 10.2. The van der Waals surface area contributed by atoms with Gasteiger partial charge in [0.15, 0.2) is 0 Å². The smallest absolute Gasteiger partial charge is 0.00386 e. The molecular formula is C13H26N2. The minimum absolute atomic E-state index is 0.643. The van der Waals surface area contributed by atoms with Gasteiger partial charge in [-0.1, -0.05) is 13.3 Å². The van der Waals surface area contributed by atoms with Crippen molar-refractivity contribution in [3.05, 3.63) is 0 Å². The largest absolute Gasteiger partial charge is 0.330 e. The average molecular weight is 210 g/mol. The van der Waals surface area contributed by atoms with E-state index in [2.05, 4.69) is 11.8 Å². The molecule has 0 bridgehead atoms. The van der Waals surface area contributed by atoms with E-state index >= 15 is 0 Å². The Kier molecular flexibility index (Phi) is 3.68. The van der Waals surface area contributed by atoms with Crippen LogP contribution in [0.2, 0.25) is 0 Å². The summed E-state index contributed by atoms with van der Waals surface area (Å²) in [5.41, 5.74) is 6.34. The van der Waals surface area contributed by atoms with Crippen molar-refractivity contribution in [2.24, 2.45) is 17.1 Å². The fourth-order valence-corrected chi connectivity index (χ4v) is 3.07. The summed E-state index contributed by atoms with van der Waals surface area (Å²) in [5.74, 6) is 0.965. The molecule has 2 nitrogen and oxygen atoms in total. The second-order valence-electron chi connectivity index (χ2n) is 5.69. The molecule has 1 heterocycles. The highest BCUT2D eigenvalue weighted by atomic mass is 15.1. The quantitative estimate of drug-likeness (QED) is 0.754. The molecule has 1 unspecified atom stereocenters. The zero-order chi connectivity index (χ0) is 10.7. The topological polar surface area (TPSA) is 29.3 Å². The number of nitrogens with two attached hydrogens (primary N) is 1. The molecule has 2 N–H and O–H groups in total. The van der Waals surface area contributed by atoms with Gasteiger partial charge in [0.2, 0.25) is 0 Å². The molecule has 1 aliphatic carbocycles. The van der Waals surface area contributed by atoms with E-state index in [4.69, 9.17) is 5.73 Å². The lowest BCUT2D eigenvalue weighted by molar-refractivity contribution is 0.139. The fraction of sp³-hybridized carbons (Fsp3) is 1.00. The van der Waals surface area contributed by atoms with Gasteiger partial charge in [-0.2, -0.15) is 0 Å². The summed E-state index contributed by atoms with van der Waals surface area (Å²) in [6, 6.07) is 0. The van der Waals surface area contributed by atoms with Crippen molar-refractivity contribution in [2.75, 3.05) is 26.2 Å². The van der Waals surface area contributed by atoms with Gasteiger partial charge in [0, 0.05) is 13.1 Å². The Bertz CT molecular complexity index is 199. The van der Waals surface area contributed by atoms with E-state index in [9.17, 15) is 0 Å². The Hall–Kier alpha value is -0.0800. The van der Waals surface area contributed by atoms with E-state index in [0.29, 0.717) is 5.41 Å². The van der Waals surface area contributed by atoms with Crippen molar-refractivity contribution in [1.82, 2.24) is 4.90 Å². The van der Waals surface area contributed by atoms with Gasteiger partial charge in [-0.15, -0.1) is 0 Å². The third-order valence-electron chi connectivity index (χ3n) is 4.37. The first-order valence-electron chi connectivity index (χ1n) is 6.70. The average Bonchev–Trinajstić information content (AvgIpc) is 2.99. The van der Waals surface area contributed by atoms with E-state index in [0.717, 1.165) is 12.5 Å². The third-order valence-corrected chi connectivity index (χ3v) is 4.37. The highest BCUT2D eigenvalue weighted by Gasteiger charge is 2.43. The summed E-state index contributed by atoms with van der Waals surface area (Å²) in [5, 5.41) is 0. The molecule has 0 aromatic heterocycles. The van der Waals surface area contributed by atoms with E-state index < -0.39 is 0 Å². The molecule has 0 radical (unpaired) electrons. The van der Waals surface area contributed by atoms with Crippen molar-refractivity contribution in [2.45, 2.75) is 45.4 Å². The zero-order valence-corrected chi connectivity index (χ0v) is 10.2. The molecule has 88 valence electrons. The van der Waals surface area contributed by atoms with Crippen LogP contribution in [0.4, 0.5) is 0 Å². The number of nitrogens with zero attached hydrogens (tertiary/aromatic N) is 1. The van der Waals surface area contributed by atoms with Crippen LogP contribution in [0, 0.1) is 11.3 Å². The van der Waals surface area contributed by atoms with Crippen LogP contribution in [0.15, 0.2) is 0 Å². The summed E-state index contributed by atoms with van der Waals surface area (Å²) >= 11 is 0. The molecule has 1 saturated heterocycles. The van der Waals surface area contributed by atoms with Gasteiger partial charge in [-0.05, 0) is 56.5 Å². The van der Waals surface area contributed by atoms with Gasteiger partial charge in [-0.3, -0.25) is 0 Å². The van der Waals surface area contributed by atoms with Gasteiger partial charge >= 0.3 is 0 Å². The summed E-state index contributed by atoms with van der Waals surface area (Å²) < 4.78 is 0. The lowest BCUT2D eigenvalue weighted by Crippen LogP contribution is -2.39. The molecule has 0 aromatic carbocycles. The predicted molar refractivity (Wildman–Crippen MR) is 64.8 cm³/mol. The van der Waals surface area contributed by atoms with Gasteiger partial charge < -0.3 is 10.6 Å². The van der Waals surface area contributed by atoms with Crippen molar-refractivity contribution in [3.63, 3.8) is 0 Å². The first-order chi connectivity index (χ1) is 7.28. The van der Waals surface area contributed by atoms with E-state index in [1.165, 1.54) is 58.2 Å². The molecule has 1 aliphatic heterocycles. The molecule has 0 aromatic rings. The van der Waals surface area contributed by atoms with Crippen LogP contribution in [0.5, 0.6) is 0 Å². The Morgan fingerprint density at radius 3 is 2.80 bits per heavy atom. The first-order valence-corrected chi connectivity index (χ1v) is 6.70. The molecule has 2 rings (SSSR count). The summed E-state index contributed by atoms with van der Waals surface area (Å²) in [7, 11) is 0. The number of rotatable bonds is 5. The molecular weight excluding hydrogens is 184 g/mol. The first kappa shape index (κ1) is 11.4. The normalized spacial score (nSPS) is 30.4. The van der Waals surface area contributed by atoms with Crippen LogP contribution in [-0.2, 0) is 0 Å². The molecule has 1 saturated carbocycles. The van der Waals surface area contributed by atoms with Gasteiger partial charge in [-0.25, -0.2) is 0 Å². The van der Waals surface area contributed by atoms with Gasteiger partial charge in [0.25, 0.3) is 0 Å². The van der Waals surface area contributed by atoms with Crippen molar-refractivity contribution >= 4 is 0 Å². The van der Waals surface area contributed by atoms with Crippen LogP contribution in [0.25, 0.3) is 0 Å². The Labute approximate surface area is 94.2 Å². The highest BCUT2D eigenvalue weighted by Crippen LogP contribution is 2.49. The molecule has 2 heteroatoms. The number of hydrogen-bond donors (Lipinski definition) is 1. The maximum Gasteiger partial charge on any atom is 0.00386 e. The van der Waals surface area contributed by atoms with Crippen LogP contribution in [-0.4, -0.2) is 31.1 Å². The monoisotopic (exact) mass is 210 g/mol. The Balaban J connectivity index is 1.78. The second-order valence-corrected chi connectivity index (χ2v) is 5.69. The number of likely N-dealkylation sites (tertiary alicyclic amines) is 1.